The van der Waals surface area contributed by atoms with Crippen LogP contribution < -0.4 is 5.32 Å². The number of aromatic nitrogens is 2. The maximum absolute atomic E-state index is 13.7. The Balaban J connectivity index is 2.00. The third kappa shape index (κ3) is 3.93. The van der Waals surface area contributed by atoms with Gasteiger partial charge in [0.15, 0.2) is 0 Å². The lowest BCUT2D eigenvalue weighted by Gasteiger charge is -2.16. The lowest BCUT2D eigenvalue weighted by molar-refractivity contribution is -0.137. The molecule has 3 nitrogen and oxygen atoms in total. The highest BCUT2D eigenvalue weighted by Crippen LogP contribution is 2.41. The third-order valence-electron chi connectivity index (χ3n) is 4.81. The van der Waals surface area contributed by atoms with Crippen molar-refractivity contribution in [1.29, 1.82) is 0 Å². The molecule has 1 aromatic heterocycles. The number of hydrogen-bond acceptors (Lipinski definition) is 2. The summed E-state index contributed by atoms with van der Waals surface area (Å²) in [6.07, 6.45) is -2.15. The smallest absolute Gasteiger partial charge is 0.370 e. The van der Waals surface area contributed by atoms with Crippen LogP contribution in [0.15, 0.2) is 36.4 Å². The topological polar surface area (TPSA) is 29.9 Å². The molecule has 4 rings (SSSR count). The Bertz CT molecular complexity index is 1080. The lowest BCUT2D eigenvalue weighted by atomic mass is 10.0. The fourth-order valence-electron chi connectivity index (χ4n) is 3.49. The Morgan fingerprint density at radius 3 is 2.45 bits per heavy atom. The van der Waals surface area contributed by atoms with E-state index in [4.69, 9.17) is 34.8 Å². The van der Waals surface area contributed by atoms with Gasteiger partial charge in [-0.15, -0.1) is 0 Å². The van der Waals surface area contributed by atoms with Gasteiger partial charge in [-0.3, -0.25) is 0 Å². The molecule has 0 unspecified atom stereocenters. The molecule has 0 radical (unpaired) electrons. The first-order valence-corrected chi connectivity index (χ1v) is 10.1. The number of halogens is 6. The molecular formula is C20H15Cl3F3N3. The van der Waals surface area contributed by atoms with Gasteiger partial charge in [-0.1, -0.05) is 34.8 Å². The molecule has 1 aliphatic rings. The molecule has 1 N–H and O–H groups in total. The van der Waals surface area contributed by atoms with Crippen molar-refractivity contribution in [2.75, 3.05) is 11.9 Å². The van der Waals surface area contributed by atoms with E-state index in [1.54, 1.807) is 18.2 Å². The highest BCUT2D eigenvalue weighted by atomic mass is 35.5. The van der Waals surface area contributed by atoms with E-state index < -0.39 is 11.7 Å². The van der Waals surface area contributed by atoms with E-state index in [0.29, 0.717) is 40.1 Å². The van der Waals surface area contributed by atoms with Crippen LogP contribution >= 0.6 is 34.8 Å². The molecule has 152 valence electrons. The van der Waals surface area contributed by atoms with Gasteiger partial charge in [0.05, 0.1) is 22.0 Å². The van der Waals surface area contributed by atoms with Gasteiger partial charge < -0.3 is 5.32 Å². The summed E-state index contributed by atoms with van der Waals surface area (Å²) in [5, 5.41) is 8.68. The molecule has 0 bridgehead atoms. The number of fused-ring (bicyclic) bond motifs is 1. The Hall–Kier alpha value is -1.89. The highest BCUT2D eigenvalue weighted by molar-refractivity contribution is 6.35. The van der Waals surface area contributed by atoms with E-state index in [-0.39, 0.29) is 10.7 Å². The van der Waals surface area contributed by atoms with Crippen molar-refractivity contribution in [3.05, 3.63) is 62.6 Å². The van der Waals surface area contributed by atoms with Crippen LogP contribution in [0.5, 0.6) is 0 Å². The van der Waals surface area contributed by atoms with Crippen LogP contribution in [-0.2, 0) is 12.6 Å². The molecule has 0 fully saturated rings. The average Bonchev–Trinajstić information content (AvgIpc) is 2.84. The summed E-state index contributed by atoms with van der Waals surface area (Å²) in [5.74, 6) is 0.529. The molecule has 9 heteroatoms. The van der Waals surface area contributed by atoms with Crippen molar-refractivity contribution in [2.45, 2.75) is 25.4 Å². The number of hydrogen-bond donors (Lipinski definition) is 1. The zero-order valence-electron chi connectivity index (χ0n) is 15.0. The van der Waals surface area contributed by atoms with E-state index in [1.807, 2.05) is 0 Å². The Morgan fingerprint density at radius 1 is 0.966 bits per heavy atom. The molecule has 0 aliphatic carbocycles. The Kier molecular flexibility index (Phi) is 5.44. The van der Waals surface area contributed by atoms with Crippen LogP contribution in [-0.4, -0.2) is 16.3 Å². The second-order valence-corrected chi connectivity index (χ2v) is 8.03. The normalized spacial score (nSPS) is 14.3. The van der Waals surface area contributed by atoms with E-state index in [2.05, 4.69) is 10.4 Å². The molecule has 0 spiro atoms. The second-order valence-electron chi connectivity index (χ2n) is 6.75. The van der Waals surface area contributed by atoms with Crippen LogP contribution in [0.1, 0.15) is 24.0 Å². The SMILES string of the molecule is FC(F)(F)c1cc(Cl)ccc1-n1nc(-c2cc(Cl)ccc2Cl)c2c1NCCCC2. The zero-order valence-corrected chi connectivity index (χ0v) is 17.2. The monoisotopic (exact) mass is 459 g/mol. The largest absolute Gasteiger partial charge is 0.418 e. The van der Waals surface area contributed by atoms with Crippen LogP contribution in [0.3, 0.4) is 0 Å². The van der Waals surface area contributed by atoms with E-state index in [0.717, 1.165) is 24.5 Å². The highest BCUT2D eigenvalue weighted by Gasteiger charge is 2.36. The van der Waals surface area contributed by atoms with Gasteiger partial charge in [0.2, 0.25) is 0 Å². The van der Waals surface area contributed by atoms with Gasteiger partial charge in [0, 0.05) is 27.7 Å². The van der Waals surface area contributed by atoms with Crippen LogP contribution in [0.4, 0.5) is 19.0 Å². The molecular weight excluding hydrogens is 446 g/mol. The van der Waals surface area contributed by atoms with E-state index in [1.165, 1.54) is 16.8 Å². The minimum absolute atomic E-state index is 0.00499. The van der Waals surface area contributed by atoms with Gasteiger partial charge in [-0.05, 0) is 55.7 Å². The predicted octanol–water partition coefficient (Wildman–Crippen LogP) is 7.27. The fraction of sp³-hybridized carbons (Fsp3) is 0.250. The van der Waals surface area contributed by atoms with Crippen molar-refractivity contribution in [2.24, 2.45) is 0 Å². The fourth-order valence-corrected chi connectivity index (χ4v) is 4.04. The first-order chi connectivity index (χ1) is 13.8. The van der Waals surface area contributed by atoms with Gasteiger partial charge in [0.25, 0.3) is 0 Å². The van der Waals surface area contributed by atoms with Gasteiger partial charge >= 0.3 is 6.18 Å². The lowest BCUT2D eigenvalue weighted by Crippen LogP contribution is -2.14. The van der Waals surface area contributed by atoms with Gasteiger partial charge in [-0.25, -0.2) is 4.68 Å². The summed E-state index contributed by atoms with van der Waals surface area (Å²) in [6, 6.07) is 8.64. The first-order valence-electron chi connectivity index (χ1n) is 8.94. The van der Waals surface area contributed by atoms with Crippen molar-refractivity contribution >= 4 is 40.6 Å². The van der Waals surface area contributed by atoms with Crippen LogP contribution in [0, 0.1) is 0 Å². The molecule has 0 atom stereocenters. The first kappa shape index (κ1) is 20.4. The average molecular weight is 461 g/mol. The summed E-state index contributed by atoms with van der Waals surface area (Å²) < 4.78 is 42.4. The quantitative estimate of drug-likeness (QED) is 0.436. The zero-order chi connectivity index (χ0) is 20.8. The summed E-state index contributed by atoms with van der Waals surface area (Å²) in [5.41, 5.74) is 0.960. The summed E-state index contributed by atoms with van der Waals surface area (Å²) in [6.45, 7) is 0.635. The number of nitrogens with one attached hydrogen (secondary N) is 1. The molecule has 0 saturated carbocycles. The second kappa shape index (κ2) is 7.74. The number of alkyl halides is 3. The third-order valence-corrected chi connectivity index (χ3v) is 5.60. The standard InChI is InChI=1S/C20H15Cl3F3N3/c21-11-4-6-16(23)14(9-11)18-13-3-1-2-8-27-19(13)29(28-18)17-7-5-12(22)10-15(17)20(24,25)26/h4-7,9-10,27H,1-3,8H2. The van der Waals surface area contributed by atoms with E-state index in [9.17, 15) is 13.2 Å². The van der Waals surface area contributed by atoms with Crippen LogP contribution in [0.2, 0.25) is 15.1 Å². The number of nitrogens with zero attached hydrogens (tertiary/aromatic N) is 2. The molecule has 3 aromatic rings. The maximum atomic E-state index is 13.7. The van der Waals surface area contributed by atoms with Gasteiger partial charge in [-0.2, -0.15) is 18.3 Å². The van der Waals surface area contributed by atoms with E-state index >= 15 is 0 Å². The molecule has 1 aliphatic heterocycles. The summed E-state index contributed by atoms with van der Waals surface area (Å²) in [7, 11) is 0. The molecule has 2 aromatic carbocycles. The summed E-state index contributed by atoms with van der Waals surface area (Å²) in [4.78, 5) is 0. The number of benzene rings is 2. The van der Waals surface area contributed by atoms with Crippen molar-refractivity contribution in [3.8, 4) is 16.9 Å². The van der Waals surface area contributed by atoms with Crippen molar-refractivity contribution in [3.63, 3.8) is 0 Å². The molecule has 2 heterocycles. The molecule has 0 saturated heterocycles. The van der Waals surface area contributed by atoms with Crippen molar-refractivity contribution in [1.82, 2.24) is 9.78 Å². The minimum Gasteiger partial charge on any atom is -0.370 e. The summed E-state index contributed by atoms with van der Waals surface area (Å²) >= 11 is 18.3. The molecule has 29 heavy (non-hydrogen) atoms. The van der Waals surface area contributed by atoms with Crippen molar-refractivity contribution < 1.29 is 13.2 Å². The minimum atomic E-state index is -4.59. The Labute approximate surface area is 180 Å². The maximum Gasteiger partial charge on any atom is 0.418 e. The predicted molar refractivity (Wildman–Crippen MR) is 110 cm³/mol. The Morgan fingerprint density at radius 2 is 1.69 bits per heavy atom. The number of rotatable bonds is 2. The molecule has 0 amide bonds. The number of anilines is 1. The van der Waals surface area contributed by atoms with Crippen LogP contribution in [0.25, 0.3) is 16.9 Å². The van der Waals surface area contributed by atoms with Gasteiger partial charge in [0.1, 0.15) is 5.82 Å².